The van der Waals surface area contributed by atoms with Crippen molar-refractivity contribution in [3.8, 4) is 0 Å². The molecule has 0 saturated carbocycles. The predicted octanol–water partition coefficient (Wildman–Crippen LogP) is 3.15. The van der Waals surface area contributed by atoms with E-state index in [1.165, 1.54) is 18.2 Å². The van der Waals surface area contributed by atoms with Crippen molar-refractivity contribution >= 4 is 11.9 Å². The lowest BCUT2D eigenvalue weighted by atomic mass is 9.96. The maximum Gasteiger partial charge on any atom is 0.308 e. The molecule has 126 valence electrons. The van der Waals surface area contributed by atoms with E-state index in [2.05, 4.69) is 38.1 Å². The average Bonchev–Trinajstić information content (AvgIpc) is 2.59. The smallest absolute Gasteiger partial charge is 0.308 e. The summed E-state index contributed by atoms with van der Waals surface area (Å²) in [5.41, 5.74) is 2.53. The number of aryl methyl sites for hydroxylation is 1. The van der Waals surface area contributed by atoms with Crippen molar-refractivity contribution in [2.45, 2.75) is 45.4 Å². The van der Waals surface area contributed by atoms with Gasteiger partial charge in [-0.1, -0.05) is 38.1 Å². The second kappa shape index (κ2) is 8.14. The number of ether oxygens (including phenoxy) is 1. The number of rotatable bonds is 5. The third-order valence-electron chi connectivity index (χ3n) is 4.66. The van der Waals surface area contributed by atoms with Gasteiger partial charge in [0.25, 0.3) is 0 Å². The van der Waals surface area contributed by atoms with E-state index in [0.717, 1.165) is 6.42 Å². The van der Waals surface area contributed by atoms with Gasteiger partial charge in [0.1, 0.15) is 0 Å². The number of benzene rings is 1. The van der Waals surface area contributed by atoms with Gasteiger partial charge in [-0.2, -0.15) is 0 Å². The zero-order valence-corrected chi connectivity index (χ0v) is 14.4. The van der Waals surface area contributed by atoms with Crippen molar-refractivity contribution in [2.75, 3.05) is 20.2 Å². The molecule has 1 fully saturated rings. The Hall–Kier alpha value is -1.84. The minimum atomic E-state index is -0.151. The largest absolute Gasteiger partial charge is 0.469 e. The van der Waals surface area contributed by atoms with E-state index in [1.54, 1.807) is 0 Å². The highest BCUT2D eigenvalue weighted by Crippen LogP contribution is 2.20. The summed E-state index contributed by atoms with van der Waals surface area (Å²) in [6, 6.07) is 8.52. The molecule has 0 bridgehead atoms. The number of likely N-dealkylation sites (tertiary alicyclic amines) is 1. The predicted molar refractivity (Wildman–Crippen MR) is 90.2 cm³/mol. The fourth-order valence-corrected chi connectivity index (χ4v) is 3.01. The molecule has 1 saturated heterocycles. The number of piperidine rings is 1. The molecule has 1 heterocycles. The maximum atomic E-state index is 12.3. The molecule has 0 unspecified atom stereocenters. The molecule has 4 nitrogen and oxygen atoms in total. The van der Waals surface area contributed by atoms with Gasteiger partial charge in [0.2, 0.25) is 5.91 Å². The summed E-state index contributed by atoms with van der Waals surface area (Å²) in [6.45, 7) is 5.67. The van der Waals surface area contributed by atoms with Crippen molar-refractivity contribution in [3.05, 3.63) is 35.4 Å². The molecule has 0 aliphatic carbocycles. The summed E-state index contributed by atoms with van der Waals surface area (Å²) in [6.07, 6.45) is 2.72. The Bertz CT molecular complexity index is 528. The lowest BCUT2D eigenvalue weighted by molar-refractivity contribution is -0.148. The highest BCUT2D eigenvalue weighted by molar-refractivity contribution is 5.77. The standard InChI is InChI=1S/C19H27NO3/c1-14(2)16-7-4-15(5-8-16)6-9-18(21)20-12-10-17(11-13-20)19(22)23-3/h4-5,7-8,14,17H,6,9-13H2,1-3H3. The van der Waals surface area contributed by atoms with Crippen molar-refractivity contribution < 1.29 is 14.3 Å². The molecule has 0 aromatic heterocycles. The molecule has 0 atom stereocenters. The lowest BCUT2D eigenvalue weighted by Gasteiger charge is -2.30. The van der Waals surface area contributed by atoms with Gasteiger partial charge in [0.05, 0.1) is 13.0 Å². The molecule has 2 rings (SSSR count). The number of hydrogen-bond acceptors (Lipinski definition) is 3. The summed E-state index contributed by atoms with van der Waals surface area (Å²) < 4.78 is 4.77. The fraction of sp³-hybridized carbons (Fsp3) is 0.579. The second-order valence-corrected chi connectivity index (χ2v) is 6.57. The van der Waals surface area contributed by atoms with Gasteiger partial charge in [-0.15, -0.1) is 0 Å². The molecule has 1 aromatic rings. The van der Waals surface area contributed by atoms with E-state index in [9.17, 15) is 9.59 Å². The first-order chi connectivity index (χ1) is 11.0. The zero-order chi connectivity index (χ0) is 16.8. The summed E-state index contributed by atoms with van der Waals surface area (Å²) in [4.78, 5) is 25.7. The second-order valence-electron chi connectivity index (χ2n) is 6.57. The van der Waals surface area contributed by atoms with E-state index in [4.69, 9.17) is 4.74 Å². The Morgan fingerprint density at radius 2 is 1.78 bits per heavy atom. The van der Waals surface area contributed by atoms with Crippen molar-refractivity contribution in [3.63, 3.8) is 0 Å². The number of amides is 1. The van der Waals surface area contributed by atoms with Crippen LogP contribution in [-0.4, -0.2) is 37.0 Å². The SMILES string of the molecule is COC(=O)C1CCN(C(=O)CCc2ccc(C(C)C)cc2)CC1. The first-order valence-electron chi connectivity index (χ1n) is 8.45. The third-order valence-corrected chi connectivity index (χ3v) is 4.66. The summed E-state index contributed by atoms with van der Waals surface area (Å²) in [7, 11) is 1.42. The van der Waals surface area contributed by atoms with Crippen LogP contribution in [0.5, 0.6) is 0 Å². The van der Waals surface area contributed by atoms with Crippen LogP contribution in [0.15, 0.2) is 24.3 Å². The summed E-state index contributed by atoms with van der Waals surface area (Å²) >= 11 is 0. The van der Waals surface area contributed by atoms with E-state index >= 15 is 0 Å². The van der Waals surface area contributed by atoms with Crippen LogP contribution < -0.4 is 0 Å². The lowest BCUT2D eigenvalue weighted by Crippen LogP contribution is -2.40. The fourth-order valence-electron chi connectivity index (χ4n) is 3.01. The topological polar surface area (TPSA) is 46.6 Å². The third kappa shape index (κ3) is 4.81. The van der Waals surface area contributed by atoms with Crippen molar-refractivity contribution in [1.82, 2.24) is 4.90 Å². The van der Waals surface area contributed by atoms with Crippen LogP contribution in [0.4, 0.5) is 0 Å². The normalized spacial score (nSPS) is 15.7. The van der Waals surface area contributed by atoms with Crippen molar-refractivity contribution in [2.24, 2.45) is 5.92 Å². The molecule has 1 aliphatic rings. The Kier molecular flexibility index (Phi) is 6.20. The molecule has 0 radical (unpaired) electrons. The van der Waals surface area contributed by atoms with Crippen LogP contribution in [0.25, 0.3) is 0 Å². The summed E-state index contributed by atoms with van der Waals surface area (Å²) in [5.74, 6) is 0.512. The number of carbonyl (C=O) groups is 2. The van der Waals surface area contributed by atoms with E-state index < -0.39 is 0 Å². The monoisotopic (exact) mass is 317 g/mol. The van der Waals surface area contributed by atoms with E-state index in [-0.39, 0.29) is 17.8 Å². The van der Waals surface area contributed by atoms with Crippen LogP contribution in [-0.2, 0) is 20.7 Å². The highest BCUT2D eigenvalue weighted by Gasteiger charge is 2.27. The van der Waals surface area contributed by atoms with Gasteiger partial charge in [-0.3, -0.25) is 9.59 Å². The molecule has 0 N–H and O–H groups in total. The molecular formula is C19H27NO3. The molecular weight excluding hydrogens is 290 g/mol. The number of esters is 1. The molecule has 1 amide bonds. The van der Waals surface area contributed by atoms with Gasteiger partial charge in [-0.05, 0) is 36.3 Å². The van der Waals surface area contributed by atoms with Crippen LogP contribution in [0, 0.1) is 5.92 Å². The van der Waals surface area contributed by atoms with Crippen LogP contribution >= 0.6 is 0 Å². The van der Waals surface area contributed by atoms with Crippen molar-refractivity contribution in [1.29, 1.82) is 0 Å². The Morgan fingerprint density at radius 3 is 2.30 bits per heavy atom. The van der Waals surface area contributed by atoms with Gasteiger partial charge < -0.3 is 9.64 Å². The van der Waals surface area contributed by atoms with Gasteiger partial charge in [-0.25, -0.2) is 0 Å². The van der Waals surface area contributed by atoms with Crippen LogP contribution in [0.1, 0.15) is 50.2 Å². The Balaban J connectivity index is 1.78. The zero-order valence-electron chi connectivity index (χ0n) is 14.4. The number of carbonyl (C=O) groups excluding carboxylic acids is 2. The van der Waals surface area contributed by atoms with Gasteiger partial charge >= 0.3 is 5.97 Å². The van der Waals surface area contributed by atoms with Gasteiger partial charge in [0.15, 0.2) is 0 Å². The summed E-state index contributed by atoms with van der Waals surface area (Å²) in [5, 5.41) is 0. The van der Waals surface area contributed by atoms with E-state index in [1.807, 2.05) is 4.90 Å². The number of nitrogens with zero attached hydrogens (tertiary/aromatic N) is 1. The highest BCUT2D eigenvalue weighted by atomic mass is 16.5. The first-order valence-corrected chi connectivity index (χ1v) is 8.45. The number of hydrogen-bond donors (Lipinski definition) is 0. The van der Waals surface area contributed by atoms with Gasteiger partial charge in [0, 0.05) is 19.5 Å². The molecule has 1 aromatic carbocycles. The minimum Gasteiger partial charge on any atom is -0.469 e. The molecule has 0 spiro atoms. The minimum absolute atomic E-state index is 0.0485. The first kappa shape index (κ1) is 17.5. The molecule has 1 aliphatic heterocycles. The van der Waals surface area contributed by atoms with Crippen LogP contribution in [0.2, 0.25) is 0 Å². The quantitative estimate of drug-likeness (QED) is 0.784. The molecule has 23 heavy (non-hydrogen) atoms. The van der Waals surface area contributed by atoms with E-state index in [0.29, 0.717) is 38.3 Å². The molecule has 4 heteroatoms. The maximum absolute atomic E-state index is 12.3. The Morgan fingerprint density at radius 1 is 1.17 bits per heavy atom. The Labute approximate surface area is 138 Å². The van der Waals surface area contributed by atoms with Crippen LogP contribution in [0.3, 0.4) is 0 Å². The average molecular weight is 317 g/mol. The number of methoxy groups -OCH3 is 1.